The third-order valence-electron chi connectivity index (χ3n) is 4.86. The minimum absolute atomic E-state index is 0.0331. The molecular weight excluding hydrogens is 348 g/mol. The van der Waals surface area contributed by atoms with E-state index in [1.165, 1.54) is 19.3 Å². The van der Waals surface area contributed by atoms with Gasteiger partial charge in [-0.2, -0.15) is 0 Å². The molecule has 6 nitrogen and oxygen atoms in total. The van der Waals surface area contributed by atoms with Crippen LogP contribution in [0.1, 0.15) is 43.1 Å². The Morgan fingerprint density at radius 3 is 2.52 bits per heavy atom. The van der Waals surface area contributed by atoms with E-state index < -0.39 is 24.1 Å². The van der Waals surface area contributed by atoms with Gasteiger partial charge in [0, 0.05) is 17.9 Å². The molecule has 6 heteroatoms. The Morgan fingerprint density at radius 1 is 1.15 bits per heavy atom. The number of esters is 1. The third kappa shape index (κ3) is 4.98. The number of hydrogen-bond acceptors (Lipinski definition) is 6. The second-order valence-corrected chi connectivity index (χ2v) is 6.84. The lowest BCUT2D eigenvalue weighted by Crippen LogP contribution is -2.25. The van der Waals surface area contributed by atoms with Gasteiger partial charge in [0.25, 0.3) is 0 Å². The van der Waals surface area contributed by atoms with Crippen molar-refractivity contribution in [1.29, 1.82) is 0 Å². The number of benzene rings is 1. The Hall–Kier alpha value is -2.60. The van der Waals surface area contributed by atoms with Gasteiger partial charge in [-0.3, -0.25) is 4.79 Å². The predicted octanol–water partition coefficient (Wildman–Crippen LogP) is 3.12. The van der Waals surface area contributed by atoms with Crippen molar-refractivity contribution < 1.29 is 29.3 Å². The Bertz CT molecular complexity index is 764. The van der Waals surface area contributed by atoms with Crippen LogP contribution in [-0.4, -0.2) is 41.3 Å². The molecule has 1 aromatic carbocycles. The summed E-state index contributed by atoms with van der Waals surface area (Å²) in [5, 5.41) is 20.6. The Morgan fingerprint density at radius 2 is 1.85 bits per heavy atom. The van der Waals surface area contributed by atoms with Gasteiger partial charge in [0.05, 0.1) is 13.2 Å². The summed E-state index contributed by atoms with van der Waals surface area (Å²) in [5.41, 5.74) is 0.446. The smallest absolute Gasteiger partial charge is 0.342 e. The molecule has 27 heavy (non-hydrogen) atoms. The van der Waals surface area contributed by atoms with E-state index in [0.29, 0.717) is 11.3 Å². The van der Waals surface area contributed by atoms with Crippen LogP contribution < -0.4 is 4.74 Å². The highest BCUT2D eigenvalue weighted by Crippen LogP contribution is 2.30. The number of ketones is 1. The Balaban J connectivity index is 2.50. The summed E-state index contributed by atoms with van der Waals surface area (Å²) < 4.78 is 10.6. The van der Waals surface area contributed by atoms with E-state index >= 15 is 0 Å². The van der Waals surface area contributed by atoms with E-state index in [0.717, 1.165) is 0 Å². The van der Waals surface area contributed by atoms with E-state index in [-0.39, 0.29) is 29.4 Å². The average Bonchev–Trinajstić information content (AvgIpc) is 2.63. The zero-order chi connectivity index (χ0) is 20.1. The van der Waals surface area contributed by atoms with Gasteiger partial charge in [0.1, 0.15) is 23.2 Å². The molecule has 0 aromatic heterocycles. The molecule has 0 bridgehead atoms. The molecule has 1 aliphatic heterocycles. The number of hydrogen-bond donors (Lipinski definition) is 2. The fraction of sp³-hybridized carbons (Fsp3) is 0.429. The van der Waals surface area contributed by atoms with Crippen LogP contribution in [0.5, 0.6) is 11.5 Å². The molecule has 146 valence electrons. The number of phenols is 1. The van der Waals surface area contributed by atoms with Crippen LogP contribution in [0.4, 0.5) is 0 Å². The van der Waals surface area contributed by atoms with Gasteiger partial charge in [0.15, 0.2) is 5.78 Å². The first kappa shape index (κ1) is 20.7. The first-order chi connectivity index (χ1) is 12.7. The van der Waals surface area contributed by atoms with Gasteiger partial charge in [0.2, 0.25) is 0 Å². The monoisotopic (exact) mass is 374 g/mol. The van der Waals surface area contributed by atoms with Crippen LogP contribution in [0.15, 0.2) is 30.4 Å². The Labute approximate surface area is 159 Å². The highest BCUT2D eigenvalue weighted by atomic mass is 16.5. The summed E-state index contributed by atoms with van der Waals surface area (Å²) in [7, 11) is 1.46. The average molecular weight is 374 g/mol. The summed E-state index contributed by atoms with van der Waals surface area (Å²) in [6.07, 6.45) is 5.20. The van der Waals surface area contributed by atoms with E-state index in [9.17, 15) is 19.8 Å². The predicted molar refractivity (Wildman–Crippen MR) is 102 cm³/mol. The SMILES string of the molecule is COc1cc(O)c2c(c1)/C=C/CC(O)C(C)C(=O)/C=C\[C@@H](C)C(C)OC2=O. The lowest BCUT2D eigenvalue weighted by atomic mass is 9.94. The van der Waals surface area contributed by atoms with Gasteiger partial charge in [-0.05, 0) is 31.1 Å². The maximum absolute atomic E-state index is 12.6. The molecule has 1 heterocycles. The minimum atomic E-state index is -0.858. The largest absolute Gasteiger partial charge is 0.507 e. The summed E-state index contributed by atoms with van der Waals surface area (Å²) >= 11 is 0. The number of aliphatic hydroxyl groups excluding tert-OH is 1. The number of carbonyl (C=O) groups is 2. The van der Waals surface area contributed by atoms with Gasteiger partial charge in [-0.25, -0.2) is 4.79 Å². The number of cyclic esters (lactones) is 1. The maximum Gasteiger partial charge on any atom is 0.342 e. The molecule has 0 saturated carbocycles. The van der Waals surface area contributed by atoms with Crippen molar-refractivity contribution in [3.05, 3.63) is 41.5 Å². The van der Waals surface area contributed by atoms with E-state index in [1.54, 1.807) is 38.1 Å². The highest BCUT2D eigenvalue weighted by Gasteiger charge is 2.24. The summed E-state index contributed by atoms with van der Waals surface area (Å²) in [6, 6.07) is 2.95. The molecular formula is C21H26O6. The van der Waals surface area contributed by atoms with Crippen molar-refractivity contribution in [1.82, 2.24) is 0 Å². The molecule has 0 aliphatic carbocycles. The zero-order valence-corrected chi connectivity index (χ0v) is 16.0. The molecule has 4 atom stereocenters. The summed E-state index contributed by atoms with van der Waals surface area (Å²) in [4.78, 5) is 24.8. The quantitative estimate of drug-likeness (QED) is 0.734. The fourth-order valence-corrected chi connectivity index (χ4v) is 2.71. The number of aliphatic hydroxyl groups is 1. The van der Waals surface area contributed by atoms with Crippen LogP contribution in [0.2, 0.25) is 0 Å². The molecule has 0 spiro atoms. The number of carbonyl (C=O) groups excluding carboxylic acids is 2. The lowest BCUT2D eigenvalue weighted by molar-refractivity contribution is -0.120. The van der Waals surface area contributed by atoms with Crippen molar-refractivity contribution >= 4 is 17.8 Å². The molecule has 0 fully saturated rings. The molecule has 1 aromatic rings. The van der Waals surface area contributed by atoms with Gasteiger partial charge in [-0.1, -0.05) is 32.1 Å². The molecule has 3 unspecified atom stereocenters. The summed E-state index contributed by atoms with van der Waals surface area (Å²) in [5.74, 6) is -1.48. The first-order valence-corrected chi connectivity index (χ1v) is 8.93. The number of fused-ring (bicyclic) bond motifs is 1. The van der Waals surface area contributed by atoms with Crippen molar-refractivity contribution in [2.24, 2.45) is 11.8 Å². The second-order valence-electron chi connectivity index (χ2n) is 6.84. The molecule has 0 radical (unpaired) electrons. The van der Waals surface area contributed by atoms with Gasteiger partial charge < -0.3 is 19.7 Å². The number of rotatable bonds is 1. The number of phenolic OH excluding ortho intramolecular Hbond substituents is 1. The van der Waals surface area contributed by atoms with Crippen molar-refractivity contribution in [3.63, 3.8) is 0 Å². The Kier molecular flexibility index (Phi) is 6.80. The standard InChI is InChI=1S/C21H26O6/c1-12-8-9-18(23)13(2)17(22)7-5-6-15-10-16(26-4)11-19(24)20(15)21(25)27-14(12)3/h5-6,8-14,17,22,24H,7H2,1-4H3/b6-5+,9-8-/t12-,13?,14?,17?/m1/s1. The maximum atomic E-state index is 12.6. The van der Waals surface area contributed by atoms with Gasteiger partial charge >= 0.3 is 5.97 Å². The molecule has 2 rings (SSSR count). The van der Waals surface area contributed by atoms with Crippen LogP contribution in [0.3, 0.4) is 0 Å². The fourth-order valence-electron chi connectivity index (χ4n) is 2.71. The van der Waals surface area contributed by atoms with Crippen LogP contribution in [0.25, 0.3) is 6.08 Å². The molecule has 2 N–H and O–H groups in total. The molecule has 0 amide bonds. The van der Waals surface area contributed by atoms with Crippen LogP contribution in [-0.2, 0) is 9.53 Å². The zero-order valence-electron chi connectivity index (χ0n) is 16.0. The number of ether oxygens (including phenoxy) is 2. The van der Waals surface area contributed by atoms with Crippen molar-refractivity contribution in [2.75, 3.05) is 7.11 Å². The topological polar surface area (TPSA) is 93.1 Å². The first-order valence-electron chi connectivity index (χ1n) is 8.93. The number of methoxy groups -OCH3 is 1. The molecule has 1 aliphatic rings. The highest BCUT2D eigenvalue weighted by molar-refractivity contribution is 5.97. The van der Waals surface area contributed by atoms with Crippen molar-refractivity contribution in [3.8, 4) is 11.5 Å². The number of aromatic hydroxyl groups is 1. The van der Waals surface area contributed by atoms with Crippen molar-refractivity contribution in [2.45, 2.75) is 39.4 Å². The lowest BCUT2D eigenvalue weighted by Gasteiger charge is -2.20. The van der Waals surface area contributed by atoms with E-state index in [4.69, 9.17) is 9.47 Å². The van der Waals surface area contributed by atoms with Crippen LogP contribution in [0, 0.1) is 11.8 Å². The second kappa shape index (κ2) is 8.86. The minimum Gasteiger partial charge on any atom is -0.507 e. The third-order valence-corrected chi connectivity index (χ3v) is 4.86. The molecule has 0 saturated heterocycles. The summed E-state index contributed by atoms with van der Waals surface area (Å²) in [6.45, 7) is 5.22. The van der Waals surface area contributed by atoms with Gasteiger partial charge in [-0.15, -0.1) is 0 Å². The van der Waals surface area contributed by atoms with Crippen LogP contribution >= 0.6 is 0 Å². The number of allylic oxidation sites excluding steroid dienone is 1. The van der Waals surface area contributed by atoms with E-state index in [2.05, 4.69) is 0 Å². The van der Waals surface area contributed by atoms with E-state index in [1.807, 2.05) is 6.92 Å². The normalized spacial score (nSPS) is 29.2.